The second kappa shape index (κ2) is 7.21. The fourth-order valence-electron chi connectivity index (χ4n) is 2.54. The molecule has 2 rings (SSSR count). The van der Waals surface area contributed by atoms with Crippen molar-refractivity contribution in [3.63, 3.8) is 0 Å². The summed E-state index contributed by atoms with van der Waals surface area (Å²) < 4.78 is 27.9. The Balaban J connectivity index is 2.04. The topological polar surface area (TPSA) is 69.7 Å². The van der Waals surface area contributed by atoms with Crippen LogP contribution in [0.1, 0.15) is 35.2 Å². The van der Waals surface area contributed by atoms with Crippen LogP contribution in [0.25, 0.3) is 0 Å². The average Bonchev–Trinajstić information content (AvgIpc) is 2.55. The highest BCUT2D eigenvalue weighted by molar-refractivity contribution is 7.86. The molecule has 122 valence electrons. The molecule has 0 atom stereocenters. The van der Waals surface area contributed by atoms with Gasteiger partial charge in [0.05, 0.1) is 0 Å². The van der Waals surface area contributed by atoms with Crippen LogP contribution < -0.4 is 5.32 Å². The molecule has 0 spiro atoms. The summed E-state index contributed by atoms with van der Waals surface area (Å²) in [4.78, 5) is 11.5. The zero-order valence-corrected chi connectivity index (χ0v) is 13.9. The number of piperidine rings is 1. The van der Waals surface area contributed by atoms with E-state index in [0.29, 0.717) is 25.2 Å². The lowest BCUT2D eigenvalue weighted by Gasteiger charge is -2.30. The van der Waals surface area contributed by atoms with Crippen molar-refractivity contribution in [2.75, 3.05) is 27.2 Å². The van der Waals surface area contributed by atoms with Crippen LogP contribution in [0.2, 0.25) is 0 Å². The number of nitrogens with one attached hydrogen (secondary N) is 1. The van der Waals surface area contributed by atoms with Gasteiger partial charge in [0, 0.05) is 39.3 Å². The standard InChI is InChI=1S/C15H23N3O3S/c1-16-15(19)14-8-6-13(7-9-14)12-17(2)22(20,21)18-10-4-3-5-11-18/h6-9H,3-5,10-12H2,1-2H3,(H,16,19). The lowest BCUT2D eigenvalue weighted by Crippen LogP contribution is -2.44. The van der Waals surface area contributed by atoms with Crippen molar-refractivity contribution in [1.82, 2.24) is 13.9 Å². The molecular weight excluding hydrogens is 302 g/mol. The van der Waals surface area contributed by atoms with Gasteiger partial charge in [0.2, 0.25) is 0 Å². The SMILES string of the molecule is CNC(=O)c1ccc(CN(C)S(=O)(=O)N2CCCCC2)cc1. The fraction of sp³-hybridized carbons (Fsp3) is 0.533. The average molecular weight is 325 g/mol. The summed E-state index contributed by atoms with van der Waals surface area (Å²) in [5.74, 6) is -0.152. The maximum absolute atomic E-state index is 12.5. The molecule has 1 fully saturated rings. The van der Waals surface area contributed by atoms with E-state index >= 15 is 0 Å². The van der Waals surface area contributed by atoms with Crippen LogP contribution in [0.15, 0.2) is 24.3 Å². The zero-order valence-electron chi connectivity index (χ0n) is 13.1. The predicted molar refractivity (Wildman–Crippen MR) is 85.6 cm³/mol. The van der Waals surface area contributed by atoms with E-state index in [-0.39, 0.29) is 5.91 Å². The molecule has 1 aliphatic rings. The van der Waals surface area contributed by atoms with Crippen molar-refractivity contribution < 1.29 is 13.2 Å². The number of carbonyl (C=O) groups is 1. The van der Waals surface area contributed by atoms with Crippen LogP contribution in [-0.4, -0.2) is 50.1 Å². The number of carbonyl (C=O) groups excluding carboxylic acids is 1. The smallest absolute Gasteiger partial charge is 0.282 e. The first kappa shape index (κ1) is 16.9. The van der Waals surface area contributed by atoms with Gasteiger partial charge in [0.15, 0.2) is 0 Å². The first-order valence-corrected chi connectivity index (χ1v) is 8.87. The van der Waals surface area contributed by atoms with Crippen LogP contribution in [0.4, 0.5) is 0 Å². The summed E-state index contributed by atoms with van der Waals surface area (Å²) >= 11 is 0. The molecular formula is C15H23N3O3S. The quantitative estimate of drug-likeness (QED) is 0.884. The Morgan fingerprint density at radius 1 is 1.18 bits per heavy atom. The molecule has 1 N–H and O–H groups in total. The third-order valence-electron chi connectivity index (χ3n) is 3.88. The second-order valence-electron chi connectivity index (χ2n) is 5.50. The lowest BCUT2D eigenvalue weighted by atomic mass is 10.1. The van der Waals surface area contributed by atoms with Crippen molar-refractivity contribution in [3.05, 3.63) is 35.4 Å². The number of rotatable bonds is 5. The van der Waals surface area contributed by atoms with Crippen molar-refractivity contribution >= 4 is 16.1 Å². The van der Waals surface area contributed by atoms with Gasteiger partial charge < -0.3 is 5.32 Å². The monoisotopic (exact) mass is 325 g/mol. The van der Waals surface area contributed by atoms with Gasteiger partial charge in [-0.15, -0.1) is 0 Å². The number of benzene rings is 1. The molecule has 1 heterocycles. The van der Waals surface area contributed by atoms with Crippen molar-refractivity contribution in [1.29, 1.82) is 0 Å². The third kappa shape index (κ3) is 3.85. The molecule has 0 bridgehead atoms. The van der Waals surface area contributed by atoms with Crippen LogP contribution in [0, 0.1) is 0 Å². The van der Waals surface area contributed by atoms with Crippen molar-refractivity contribution in [2.24, 2.45) is 0 Å². The molecule has 0 radical (unpaired) electrons. The van der Waals surface area contributed by atoms with E-state index in [1.165, 1.54) is 4.31 Å². The Kier molecular flexibility index (Phi) is 5.55. The molecule has 1 aromatic carbocycles. The van der Waals surface area contributed by atoms with Gasteiger partial charge >= 0.3 is 0 Å². The predicted octanol–water partition coefficient (Wildman–Crippen LogP) is 1.21. The van der Waals surface area contributed by atoms with Gasteiger partial charge in [0.25, 0.3) is 16.1 Å². The van der Waals surface area contributed by atoms with Gasteiger partial charge in [-0.1, -0.05) is 18.6 Å². The molecule has 7 heteroatoms. The Hall–Kier alpha value is -1.44. The fourth-order valence-corrected chi connectivity index (χ4v) is 3.96. The van der Waals surface area contributed by atoms with Gasteiger partial charge in [0.1, 0.15) is 0 Å². The van der Waals surface area contributed by atoms with Crippen LogP contribution >= 0.6 is 0 Å². The Labute approximate surface area is 132 Å². The Morgan fingerprint density at radius 2 is 1.77 bits per heavy atom. The maximum atomic E-state index is 12.5. The largest absolute Gasteiger partial charge is 0.355 e. The van der Waals surface area contributed by atoms with E-state index in [2.05, 4.69) is 5.32 Å². The molecule has 6 nitrogen and oxygen atoms in total. The number of hydrogen-bond donors (Lipinski definition) is 1. The zero-order chi connectivity index (χ0) is 16.2. The summed E-state index contributed by atoms with van der Waals surface area (Å²) in [6.45, 7) is 1.50. The number of nitrogens with zero attached hydrogens (tertiary/aromatic N) is 2. The number of hydrogen-bond acceptors (Lipinski definition) is 3. The van der Waals surface area contributed by atoms with Gasteiger partial charge in [-0.3, -0.25) is 4.79 Å². The van der Waals surface area contributed by atoms with Crippen LogP contribution in [0.5, 0.6) is 0 Å². The molecule has 0 aliphatic carbocycles. The van der Waals surface area contributed by atoms with Gasteiger partial charge in [-0.25, -0.2) is 0 Å². The highest BCUT2D eigenvalue weighted by Crippen LogP contribution is 2.17. The minimum Gasteiger partial charge on any atom is -0.355 e. The summed E-state index contributed by atoms with van der Waals surface area (Å²) in [5, 5.41) is 2.56. The highest BCUT2D eigenvalue weighted by atomic mass is 32.2. The molecule has 1 amide bonds. The highest BCUT2D eigenvalue weighted by Gasteiger charge is 2.28. The van der Waals surface area contributed by atoms with Crippen LogP contribution in [0.3, 0.4) is 0 Å². The minimum absolute atomic E-state index is 0.152. The molecule has 22 heavy (non-hydrogen) atoms. The third-order valence-corrected chi connectivity index (χ3v) is 5.82. The first-order valence-electron chi connectivity index (χ1n) is 7.47. The maximum Gasteiger partial charge on any atom is 0.282 e. The van der Waals surface area contributed by atoms with Crippen molar-refractivity contribution in [2.45, 2.75) is 25.8 Å². The molecule has 0 unspecified atom stereocenters. The molecule has 0 saturated carbocycles. The summed E-state index contributed by atoms with van der Waals surface area (Å²) in [6, 6.07) is 6.98. The van der Waals surface area contributed by atoms with E-state index in [9.17, 15) is 13.2 Å². The number of amides is 1. The molecule has 1 aliphatic heterocycles. The first-order chi connectivity index (χ1) is 10.4. The Bertz CT molecular complexity index is 607. The minimum atomic E-state index is -3.40. The van der Waals surface area contributed by atoms with E-state index < -0.39 is 10.2 Å². The van der Waals surface area contributed by atoms with Crippen molar-refractivity contribution in [3.8, 4) is 0 Å². The second-order valence-corrected chi connectivity index (χ2v) is 7.53. The summed E-state index contributed by atoms with van der Waals surface area (Å²) in [6.07, 6.45) is 2.94. The summed E-state index contributed by atoms with van der Waals surface area (Å²) in [7, 11) is -0.232. The van der Waals surface area contributed by atoms with Gasteiger partial charge in [-0.05, 0) is 30.5 Å². The molecule has 1 aromatic rings. The Morgan fingerprint density at radius 3 is 2.32 bits per heavy atom. The molecule has 1 saturated heterocycles. The van der Waals surface area contributed by atoms with Gasteiger partial charge in [-0.2, -0.15) is 17.0 Å². The van der Waals surface area contributed by atoms with E-state index in [1.807, 2.05) is 0 Å². The molecule has 0 aromatic heterocycles. The normalized spacial score (nSPS) is 16.7. The van der Waals surface area contributed by atoms with E-state index in [0.717, 1.165) is 24.8 Å². The van der Waals surface area contributed by atoms with E-state index in [1.54, 1.807) is 42.7 Å². The lowest BCUT2D eigenvalue weighted by molar-refractivity contribution is 0.0963. The summed E-state index contributed by atoms with van der Waals surface area (Å²) in [5.41, 5.74) is 1.42. The van der Waals surface area contributed by atoms with Crippen LogP contribution in [-0.2, 0) is 16.8 Å². The van der Waals surface area contributed by atoms with E-state index in [4.69, 9.17) is 0 Å².